The van der Waals surface area contributed by atoms with Crippen molar-refractivity contribution >= 4 is 22.8 Å². The summed E-state index contributed by atoms with van der Waals surface area (Å²) < 4.78 is 0. The lowest BCUT2D eigenvalue weighted by molar-refractivity contribution is -0.308. The minimum Gasteiger partial charge on any atom is -0.548 e. The minimum atomic E-state index is -1.29. The van der Waals surface area contributed by atoms with Gasteiger partial charge in [-0.05, 0) is 23.6 Å². The monoisotopic (exact) mass is 321 g/mol. The Morgan fingerprint density at radius 2 is 1.75 bits per heavy atom. The maximum Gasteiger partial charge on any atom is 0.225 e. The number of nitrogens with one attached hydrogen (secondary N) is 2. The number of carboxylic acids is 1. The lowest BCUT2D eigenvalue weighted by Crippen LogP contribution is -2.49. The van der Waals surface area contributed by atoms with Gasteiger partial charge in [0.1, 0.15) is 0 Å². The van der Waals surface area contributed by atoms with Crippen LogP contribution in [0.5, 0.6) is 0 Å². The predicted octanol–water partition coefficient (Wildman–Crippen LogP) is 1.19. The number of rotatable bonds is 6. The van der Waals surface area contributed by atoms with E-state index in [-0.39, 0.29) is 18.7 Å². The molecular formula is C19H17N2O3-. The zero-order chi connectivity index (χ0) is 16.9. The summed E-state index contributed by atoms with van der Waals surface area (Å²) in [7, 11) is 0. The highest BCUT2D eigenvalue weighted by Gasteiger charge is 2.15. The van der Waals surface area contributed by atoms with E-state index in [0.717, 1.165) is 22.0 Å². The molecule has 3 aromatic rings. The molecular weight excluding hydrogens is 304 g/mol. The molecule has 0 spiro atoms. The van der Waals surface area contributed by atoms with E-state index in [1.807, 2.05) is 54.6 Å². The quantitative estimate of drug-likeness (QED) is 0.715. The smallest absolute Gasteiger partial charge is 0.225 e. The van der Waals surface area contributed by atoms with Gasteiger partial charge in [0.2, 0.25) is 5.91 Å². The molecule has 0 saturated heterocycles. The fourth-order valence-corrected chi connectivity index (χ4v) is 2.74. The summed E-state index contributed by atoms with van der Waals surface area (Å²) in [4.78, 5) is 26.7. The topological polar surface area (TPSA) is 85.0 Å². The second-order valence-electron chi connectivity index (χ2n) is 5.67. The van der Waals surface area contributed by atoms with Crippen molar-refractivity contribution in [3.8, 4) is 0 Å². The number of aliphatic carboxylic acids is 1. The van der Waals surface area contributed by atoms with E-state index >= 15 is 0 Å². The van der Waals surface area contributed by atoms with Crippen LogP contribution in [0.15, 0.2) is 60.8 Å². The number of para-hydroxylation sites is 1. The molecule has 1 aromatic heterocycles. The first-order valence-electron chi connectivity index (χ1n) is 7.72. The molecule has 0 aliphatic rings. The van der Waals surface area contributed by atoms with E-state index < -0.39 is 12.0 Å². The second kappa shape index (κ2) is 7.00. The van der Waals surface area contributed by atoms with Gasteiger partial charge in [0.25, 0.3) is 0 Å². The molecule has 5 nitrogen and oxygen atoms in total. The molecule has 3 rings (SSSR count). The largest absolute Gasteiger partial charge is 0.548 e. The van der Waals surface area contributed by atoms with E-state index in [1.165, 1.54) is 0 Å². The molecule has 1 heterocycles. The number of amides is 1. The normalized spacial score (nSPS) is 12.0. The highest BCUT2D eigenvalue weighted by atomic mass is 16.4. The van der Waals surface area contributed by atoms with Crippen molar-refractivity contribution < 1.29 is 14.7 Å². The standard InChI is InChI=1S/C19H18N2O3/c22-18(11-14-12-20-16-9-5-4-8-15(14)16)21-17(19(23)24)10-13-6-2-1-3-7-13/h1-9,12,17,20H,10-11H2,(H,21,22)(H,23,24)/p-1/t17-/m0/s1. The van der Waals surface area contributed by atoms with Crippen molar-refractivity contribution in [1.82, 2.24) is 10.3 Å². The zero-order valence-corrected chi connectivity index (χ0v) is 13.0. The molecule has 0 unspecified atom stereocenters. The number of aromatic amines is 1. The van der Waals surface area contributed by atoms with Crippen molar-refractivity contribution in [2.45, 2.75) is 18.9 Å². The summed E-state index contributed by atoms with van der Waals surface area (Å²) in [5, 5.41) is 14.8. The van der Waals surface area contributed by atoms with Gasteiger partial charge in [-0.2, -0.15) is 0 Å². The number of fused-ring (bicyclic) bond motifs is 1. The van der Waals surface area contributed by atoms with Crippen molar-refractivity contribution in [2.24, 2.45) is 0 Å². The fourth-order valence-electron chi connectivity index (χ4n) is 2.74. The summed E-state index contributed by atoms with van der Waals surface area (Å²) in [6.45, 7) is 0. The molecule has 2 N–H and O–H groups in total. The van der Waals surface area contributed by atoms with E-state index in [0.29, 0.717) is 0 Å². The van der Waals surface area contributed by atoms with Crippen molar-refractivity contribution in [3.05, 3.63) is 71.9 Å². The fraction of sp³-hybridized carbons (Fsp3) is 0.158. The first kappa shape index (κ1) is 15.8. The second-order valence-corrected chi connectivity index (χ2v) is 5.67. The lowest BCUT2D eigenvalue weighted by Gasteiger charge is -2.19. The number of carbonyl (C=O) groups excluding carboxylic acids is 2. The van der Waals surface area contributed by atoms with Crippen molar-refractivity contribution in [1.29, 1.82) is 0 Å². The highest BCUT2D eigenvalue weighted by Crippen LogP contribution is 2.18. The van der Waals surface area contributed by atoms with Gasteiger partial charge in [0, 0.05) is 17.1 Å². The van der Waals surface area contributed by atoms with Crippen LogP contribution in [0, 0.1) is 0 Å². The average Bonchev–Trinajstić information content (AvgIpc) is 2.98. The summed E-state index contributed by atoms with van der Waals surface area (Å²) in [5.41, 5.74) is 2.61. The molecule has 2 aromatic carbocycles. The number of aromatic nitrogens is 1. The van der Waals surface area contributed by atoms with Gasteiger partial charge < -0.3 is 20.2 Å². The van der Waals surface area contributed by atoms with Gasteiger partial charge in [-0.15, -0.1) is 0 Å². The number of benzene rings is 2. The third-order valence-corrected chi connectivity index (χ3v) is 3.93. The number of carboxylic acid groups (broad SMARTS) is 1. The molecule has 0 aliphatic heterocycles. The van der Waals surface area contributed by atoms with Gasteiger partial charge in [-0.3, -0.25) is 4.79 Å². The maximum absolute atomic E-state index is 12.2. The third-order valence-electron chi connectivity index (χ3n) is 3.93. The number of H-pyrrole nitrogens is 1. The van der Waals surface area contributed by atoms with Gasteiger partial charge in [0.05, 0.1) is 18.4 Å². The summed E-state index contributed by atoms with van der Waals surface area (Å²) >= 11 is 0. The van der Waals surface area contributed by atoms with Gasteiger partial charge >= 0.3 is 0 Å². The van der Waals surface area contributed by atoms with Crippen LogP contribution in [0.2, 0.25) is 0 Å². The van der Waals surface area contributed by atoms with Crippen LogP contribution in [0.25, 0.3) is 10.9 Å². The van der Waals surface area contributed by atoms with Crippen LogP contribution < -0.4 is 10.4 Å². The predicted molar refractivity (Wildman–Crippen MR) is 89.1 cm³/mol. The Morgan fingerprint density at radius 1 is 1.04 bits per heavy atom. The molecule has 24 heavy (non-hydrogen) atoms. The van der Waals surface area contributed by atoms with E-state index in [2.05, 4.69) is 10.3 Å². The van der Waals surface area contributed by atoms with Gasteiger partial charge in [-0.25, -0.2) is 0 Å². The van der Waals surface area contributed by atoms with E-state index in [1.54, 1.807) is 6.20 Å². The molecule has 0 fully saturated rings. The molecule has 0 aliphatic carbocycles. The molecule has 0 bridgehead atoms. The van der Waals surface area contributed by atoms with Gasteiger partial charge in [-0.1, -0.05) is 48.5 Å². The number of hydrogen-bond acceptors (Lipinski definition) is 3. The van der Waals surface area contributed by atoms with Crippen LogP contribution in [0.4, 0.5) is 0 Å². The van der Waals surface area contributed by atoms with Crippen LogP contribution in [-0.2, 0) is 22.4 Å². The summed E-state index contributed by atoms with van der Waals surface area (Å²) in [6.07, 6.45) is 2.08. The third kappa shape index (κ3) is 3.63. The number of carbonyl (C=O) groups is 2. The molecule has 1 amide bonds. The summed E-state index contributed by atoms with van der Waals surface area (Å²) in [5.74, 6) is -1.63. The Bertz CT molecular complexity index is 855. The van der Waals surface area contributed by atoms with Crippen molar-refractivity contribution in [3.63, 3.8) is 0 Å². The Labute approximate surface area is 139 Å². The highest BCUT2D eigenvalue weighted by molar-refractivity contribution is 5.90. The Balaban J connectivity index is 1.68. The molecule has 0 radical (unpaired) electrons. The van der Waals surface area contributed by atoms with Crippen LogP contribution >= 0.6 is 0 Å². The summed E-state index contributed by atoms with van der Waals surface area (Å²) in [6, 6.07) is 15.8. The maximum atomic E-state index is 12.2. The van der Waals surface area contributed by atoms with Gasteiger partial charge in [0.15, 0.2) is 0 Å². The average molecular weight is 321 g/mol. The first-order valence-corrected chi connectivity index (χ1v) is 7.72. The number of hydrogen-bond donors (Lipinski definition) is 2. The Morgan fingerprint density at radius 3 is 2.50 bits per heavy atom. The molecule has 0 saturated carbocycles. The van der Waals surface area contributed by atoms with E-state index in [9.17, 15) is 14.7 Å². The molecule has 1 atom stereocenters. The Kier molecular flexibility index (Phi) is 4.61. The van der Waals surface area contributed by atoms with Crippen LogP contribution in [-0.4, -0.2) is 22.9 Å². The lowest BCUT2D eigenvalue weighted by atomic mass is 10.1. The van der Waals surface area contributed by atoms with E-state index in [4.69, 9.17) is 0 Å². The SMILES string of the molecule is O=C(Cc1c[nH]c2ccccc12)N[C@@H](Cc1ccccc1)C(=O)[O-]. The Hall–Kier alpha value is -3.08. The molecule has 122 valence electrons. The van der Waals surface area contributed by atoms with Crippen LogP contribution in [0.1, 0.15) is 11.1 Å². The van der Waals surface area contributed by atoms with Crippen LogP contribution in [0.3, 0.4) is 0 Å². The first-order chi connectivity index (χ1) is 11.6. The zero-order valence-electron chi connectivity index (χ0n) is 13.0. The molecule has 5 heteroatoms. The van der Waals surface area contributed by atoms with Crippen molar-refractivity contribution in [2.75, 3.05) is 0 Å². The minimum absolute atomic E-state index is 0.114.